The lowest BCUT2D eigenvalue weighted by Gasteiger charge is -2.50. The van der Waals surface area contributed by atoms with Gasteiger partial charge in [0.05, 0.1) is 11.6 Å². The van der Waals surface area contributed by atoms with Crippen LogP contribution >= 0.6 is 0 Å². The van der Waals surface area contributed by atoms with Crippen molar-refractivity contribution in [1.29, 1.82) is 0 Å². The van der Waals surface area contributed by atoms with E-state index in [2.05, 4.69) is 26.1 Å². The second kappa shape index (κ2) is 11.1. The molecule has 0 spiro atoms. The third-order valence-electron chi connectivity index (χ3n) is 10.3. The molecule has 1 fully saturated rings. The van der Waals surface area contributed by atoms with Crippen LogP contribution in [-0.2, 0) is 32.8 Å². The second-order valence-electron chi connectivity index (χ2n) is 14.6. The summed E-state index contributed by atoms with van der Waals surface area (Å²) in [5.41, 5.74) is 4.84. The van der Waals surface area contributed by atoms with Crippen LogP contribution in [0.4, 0.5) is 0 Å². The van der Waals surface area contributed by atoms with Gasteiger partial charge in [0, 0.05) is 29.5 Å². The van der Waals surface area contributed by atoms with Gasteiger partial charge in [-0.15, -0.1) is 0 Å². The van der Waals surface area contributed by atoms with Gasteiger partial charge in [-0.25, -0.2) is 0 Å². The van der Waals surface area contributed by atoms with Gasteiger partial charge in [-0.2, -0.15) is 0 Å². The minimum absolute atomic E-state index is 0.00583. The van der Waals surface area contributed by atoms with E-state index in [1.807, 2.05) is 24.3 Å². The third kappa shape index (κ3) is 5.03. The van der Waals surface area contributed by atoms with Crippen LogP contribution in [-0.4, -0.2) is 74.4 Å². The summed E-state index contributed by atoms with van der Waals surface area (Å²) in [6, 6.07) is 8.61. The lowest BCUT2D eigenvalue weighted by atomic mass is 9.58. The van der Waals surface area contributed by atoms with E-state index >= 15 is 0 Å². The molecule has 4 aliphatic rings. The zero-order chi connectivity index (χ0) is 34.3. The van der Waals surface area contributed by atoms with E-state index in [-0.39, 0.29) is 53.5 Å². The van der Waals surface area contributed by atoms with Gasteiger partial charge in [-0.3, -0.25) is 24.1 Å². The Labute approximate surface area is 272 Å². The summed E-state index contributed by atoms with van der Waals surface area (Å²) in [6.07, 6.45) is 1.74. The smallest absolute Gasteiger partial charge is 0.255 e. The number of carbonyl (C=O) groups excluding carboxylic acids is 4. The number of hydrogen-bond acceptors (Lipinski definition) is 9. The molecule has 11 heteroatoms. The predicted octanol–water partition coefficient (Wildman–Crippen LogP) is 3.11. The molecule has 0 bridgehead atoms. The molecule has 0 aromatic heterocycles. The zero-order valence-electron chi connectivity index (χ0n) is 27.2. The first kappa shape index (κ1) is 32.5. The van der Waals surface area contributed by atoms with Gasteiger partial charge < -0.3 is 31.5 Å². The molecule has 2 aromatic rings. The Hall–Kier alpha value is -4.48. The molecule has 2 aromatic carbocycles. The van der Waals surface area contributed by atoms with Crippen LogP contribution in [0.25, 0.3) is 11.1 Å². The maximum absolute atomic E-state index is 14.4. The van der Waals surface area contributed by atoms with Crippen molar-refractivity contribution in [3.05, 3.63) is 75.3 Å². The van der Waals surface area contributed by atoms with Crippen molar-refractivity contribution in [2.75, 3.05) is 14.1 Å². The molecule has 4 aliphatic carbocycles. The van der Waals surface area contributed by atoms with Gasteiger partial charge in [0.2, 0.25) is 11.7 Å². The summed E-state index contributed by atoms with van der Waals surface area (Å²) in [4.78, 5) is 54.4. The third-order valence-corrected chi connectivity index (χ3v) is 10.3. The molecule has 0 aliphatic heterocycles. The number of primary amides is 1. The Balaban J connectivity index is 1.53. The summed E-state index contributed by atoms with van der Waals surface area (Å²) >= 11 is 0. The Bertz CT molecular complexity index is 1800. The zero-order valence-corrected chi connectivity index (χ0v) is 27.2. The first-order valence-electron chi connectivity index (χ1n) is 15.9. The first-order valence-corrected chi connectivity index (χ1v) is 15.9. The quantitative estimate of drug-likeness (QED) is 0.257. The molecular formula is C36H41N3O8. The molecule has 11 nitrogen and oxygen atoms in total. The number of hydrogen-bond donors (Lipinski definition) is 6. The fourth-order valence-electron chi connectivity index (χ4n) is 7.59. The summed E-state index contributed by atoms with van der Waals surface area (Å²) in [5, 5.41) is 49.1. The van der Waals surface area contributed by atoms with Crippen molar-refractivity contribution in [1.82, 2.24) is 10.2 Å². The summed E-state index contributed by atoms with van der Waals surface area (Å²) < 4.78 is 0. The SMILES string of the molecule is CN(C)C1C(O)=C(C(N)=O)C(=O)[C@]2(O)C(O)=C3C(=O)c4c(O)c(CNC(=O)C5CC5)cc(-c5ccc(C(C)(C)C)cc5)c4C[C@@H]3C[C@H]12. The Morgan fingerprint density at radius 1 is 1.06 bits per heavy atom. The van der Waals surface area contributed by atoms with Crippen molar-refractivity contribution >= 4 is 23.4 Å². The number of Topliss-reactive ketones (excluding diaryl/α,β-unsaturated/α-hetero) is 2. The Morgan fingerprint density at radius 3 is 2.26 bits per heavy atom. The summed E-state index contributed by atoms with van der Waals surface area (Å²) in [6.45, 7) is 6.27. The first-order chi connectivity index (χ1) is 22.0. The number of nitrogens with zero attached hydrogens (tertiary/aromatic N) is 1. The van der Waals surface area contributed by atoms with Crippen LogP contribution in [0, 0.1) is 17.8 Å². The highest BCUT2D eigenvalue weighted by Crippen LogP contribution is 2.53. The molecule has 1 unspecified atom stereocenters. The number of likely N-dealkylation sites (N-methyl/N-ethyl adjacent to an activating group) is 1. The summed E-state index contributed by atoms with van der Waals surface area (Å²) in [5.74, 6) is -7.25. The van der Waals surface area contributed by atoms with Crippen LogP contribution < -0.4 is 11.1 Å². The van der Waals surface area contributed by atoms with E-state index in [1.54, 1.807) is 20.2 Å². The largest absolute Gasteiger partial charge is 0.510 e. The van der Waals surface area contributed by atoms with Crippen LogP contribution in [0.1, 0.15) is 67.1 Å². The number of phenols is 1. The fourth-order valence-corrected chi connectivity index (χ4v) is 7.59. The van der Waals surface area contributed by atoms with Gasteiger partial charge in [0.15, 0.2) is 11.4 Å². The minimum Gasteiger partial charge on any atom is -0.510 e. The average molecular weight is 644 g/mol. The number of allylic oxidation sites excluding steroid dienone is 1. The predicted molar refractivity (Wildman–Crippen MR) is 172 cm³/mol. The van der Waals surface area contributed by atoms with E-state index in [9.17, 15) is 39.6 Å². The van der Waals surface area contributed by atoms with Gasteiger partial charge in [-0.05, 0) is 79.4 Å². The highest BCUT2D eigenvalue weighted by molar-refractivity contribution is 6.25. The highest BCUT2D eigenvalue weighted by Gasteiger charge is 2.63. The van der Waals surface area contributed by atoms with Crippen LogP contribution in [0.3, 0.4) is 0 Å². The second-order valence-corrected chi connectivity index (χ2v) is 14.6. The number of benzene rings is 2. The number of carbonyl (C=O) groups is 4. The normalized spacial score (nSPS) is 25.8. The summed E-state index contributed by atoms with van der Waals surface area (Å²) in [7, 11) is 3.18. The maximum Gasteiger partial charge on any atom is 0.255 e. The van der Waals surface area contributed by atoms with Gasteiger partial charge in [0.1, 0.15) is 22.8 Å². The van der Waals surface area contributed by atoms with E-state index < -0.39 is 58.0 Å². The number of aliphatic hydroxyl groups excluding tert-OH is 2. The van der Waals surface area contributed by atoms with Gasteiger partial charge >= 0.3 is 0 Å². The number of phenolic OH excluding ortho intramolecular Hbond substituents is 1. The van der Waals surface area contributed by atoms with E-state index in [0.717, 1.165) is 24.0 Å². The lowest BCUT2D eigenvalue weighted by Crippen LogP contribution is -2.63. The number of nitrogens with one attached hydrogen (secondary N) is 1. The molecule has 2 amide bonds. The number of amides is 2. The van der Waals surface area contributed by atoms with Crippen LogP contribution in [0.2, 0.25) is 0 Å². The number of fused-ring (bicyclic) bond motifs is 3. The van der Waals surface area contributed by atoms with Gasteiger partial charge in [-0.1, -0.05) is 45.0 Å². The molecule has 248 valence electrons. The van der Waals surface area contributed by atoms with Crippen LogP contribution in [0.5, 0.6) is 5.75 Å². The van der Waals surface area contributed by atoms with Crippen LogP contribution in [0.15, 0.2) is 53.0 Å². The number of rotatable bonds is 6. The van der Waals surface area contributed by atoms with Crippen molar-refractivity contribution in [3.8, 4) is 16.9 Å². The maximum atomic E-state index is 14.4. The standard InChI is InChI=1S/C36H41N3O8/c1-35(2,3)20-10-8-16(9-11-20)21-13-19(15-38-34(46)17-6-7-17)28(40)25-22(21)12-18-14-23-27(39(4)5)30(42)26(33(37)45)32(44)36(23,47)31(43)24(18)29(25)41/h8-11,13,17-18,23,27,40,42-43,47H,6-7,12,14-15H2,1-5H3,(H2,37,45)(H,38,46)/t18-,23-,27?,36-/m1/s1. The molecule has 47 heavy (non-hydrogen) atoms. The van der Waals surface area contributed by atoms with Crippen molar-refractivity contribution in [3.63, 3.8) is 0 Å². The monoisotopic (exact) mass is 643 g/mol. The fraction of sp³-hybridized carbons (Fsp3) is 0.444. The lowest BCUT2D eigenvalue weighted by molar-refractivity contribution is -0.148. The molecule has 0 saturated heterocycles. The molecule has 6 rings (SSSR count). The average Bonchev–Trinajstić information content (AvgIpc) is 3.84. The molecule has 0 radical (unpaired) electrons. The number of aromatic hydroxyl groups is 1. The Morgan fingerprint density at radius 2 is 1.70 bits per heavy atom. The molecular weight excluding hydrogens is 602 g/mol. The molecule has 1 saturated carbocycles. The molecule has 0 heterocycles. The number of nitrogens with two attached hydrogens (primary N) is 1. The van der Waals surface area contributed by atoms with Crippen molar-refractivity contribution in [2.24, 2.45) is 23.5 Å². The minimum atomic E-state index is -2.72. The van der Waals surface area contributed by atoms with Gasteiger partial charge in [0.25, 0.3) is 5.91 Å². The number of ketones is 2. The van der Waals surface area contributed by atoms with Crippen molar-refractivity contribution < 1.29 is 39.6 Å². The molecule has 4 atom stereocenters. The van der Waals surface area contributed by atoms with Crippen molar-refractivity contribution in [2.45, 2.75) is 70.1 Å². The number of aliphatic hydroxyl groups is 3. The highest BCUT2D eigenvalue weighted by atomic mass is 16.3. The van der Waals surface area contributed by atoms with E-state index in [4.69, 9.17) is 5.73 Å². The van der Waals surface area contributed by atoms with E-state index in [1.165, 1.54) is 4.90 Å². The topological polar surface area (TPSA) is 190 Å². The Kier molecular flexibility index (Phi) is 7.64. The van der Waals surface area contributed by atoms with E-state index in [0.29, 0.717) is 16.7 Å². The molecule has 7 N–H and O–H groups in total.